The zero-order valence-electron chi connectivity index (χ0n) is 19.6. The molecule has 0 spiro atoms. The average molecular weight is 510 g/mol. The van der Waals surface area contributed by atoms with Gasteiger partial charge in [0, 0.05) is 17.8 Å². The van der Waals surface area contributed by atoms with E-state index in [9.17, 15) is 18.0 Å². The Morgan fingerprint density at radius 3 is 1.97 bits per heavy atom. The van der Waals surface area contributed by atoms with E-state index in [1.165, 1.54) is 52.7 Å². The smallest absolute Gasteiger partial charge is 0.317 e. The van der Waals surface area contributed by atoms with Crippen molar-refractivity contribution in [3.8, 4) is 23.0 Å². The number of anilines is 1. The van der Waals surface area contributed by atoms with Crippen molar-refractivity contribution in [1.82, 2.24) is 0 Å². The van der Waals surface area contributed by atoms with Gasteiger partial charge in [0.2, 0.25) is 0 Å². The lowest BCUT2D eigenvalue weighted by atomic mass is 9.99. The van der Waals surface area contributed by atoms with Gasteiger partial charge in [-0.3, -0.25) is 14.3 Å². The summed E-state index contributed by atoms with van der Waals surface area (Å²) < 4.78 is 48.9. The maximum atomic E-state index is 12.7. The van der Waals surface area contributed by atoms with E-state index in [4.69, 9.17) is 29.2 Å². The predicted octanol–water partition coefficient (Wildman–Crippen LogP) is 2.85. The first-order valence-corrected chi connectivity index (χ1v) is 11.7. The monoisotopic (exact) mass is 509 g/mol. The van der Waals surface area contributed by atoms with Gasteiger partial charge in [-0.2, -0.15) is 0 Å². The van der Waals surface area contributed by atoms with Crippen LogP contribution in [-0.2, 0) is 26.0 Å². The zero-order valence-corrected chi connectivity index (χ0v) is 20.4. The number of carboxylic acids is 2. The summed E-state index contributed by atoms with van der Waals surface area (Å²) in [5, 5.41) is 19.1. The van der Waals surface area contributed by atoms with Gasteiger partial charge in [0.25, 0.3) is 10.0 Å². The molecule has 0 heterocycles. The topological polar surface area (TPSA) is 158 Å². The number of nitrogens with one attached hydrogen (secondary N) is 1. The van der Waals surface area contributed by atoms with Gasteiger partial charge in [0.1, 0.15) is 23.0 Å². The van der Waals surface area contributed by atoms with Gasteiger partial charge < -0.3 is 29.2 Å². The summed E-state index contributed by atoms with van der Waals surface area (Å²) in [6.07, 6.45) is 1.15. The van der Waals surface area contributed by atoms with Crippen molar-refractivity contribution < 1.29 is 47.2 Å². The summed E-state index contributed by atoms with van der Waals surface area (Å²) in [7, 11) is 1.73. The van der Waals surface area contributed by atoms with E-state index < -0.39 is 27.9 Å². The molecular weight excluding hydrogens is 482 g/mol. The second kappa shape index (κ2) is 12.0. The van der Waals surface area contributed by atoms with Crippen molar-refractivity contribution in [1.29, 1.82) is 0 Å². The van der Waals surface area contributed by atoms with Crippen molar-refractivity contribution in [3.05, 3.63) is 46.9 Å². The third-order valence-corrected chi connectivity index (χ3v) is 6.02. The molecule has 0 aromatic heterocycles. The van der Waals surface area contributed by atoms with Gasteiger partial charge in [-0.15, -0.1) is 0 Å². The Bertz CT molecular complexity index is 1170. The molecular formula is C23H27NO10S. The van der Waals surface area contributed by atoms with Crippen LogP contribution in [0.3, 0.4) is 0 Å². The van der Waals surface area contributed by atoms with Crippen LogP contribution in [0.5, 0.6) is 23.0 Å². The molecule has 0 fully saturated rings. The molecule has 0 saturated heterocycles. The molecule has 190 valence electrons. The molecule has 0 aliphatic heterocycles. The van der Waals surface area contributed by atoms with Gasteiger partial charge in [0.15, 0.2) is 5.92 Å². The lowest BCUT2D eigenvalue weighted by Gasteiger charge is -2.14. The third kappa shape index (κ3) is 7.27. The summed E-state index contributed by atoms with van der Waals surface area (Å²) in [4.78, 5) is 22.3. The molecule has 2 aromatic carbocycles. The van der Waals surface area contributed by atoms with Crippen molar-refractivity contribution in [3.63, 3.8) is 0 Å². The van der Waals surface area contributed by atoms with Crippen LogP contribution in [0.2, 0.25) is 0 Å². The minimum atomic E-state index is -3.99. The molecule has 0 aliphatic rings. The summed E-state index contributed by atoms with van der Waals surface area (Å²) >= 11 is 0. The lowest BCUT2D eigenvalue weighted by molar-refractivity contribution is -0.154. The van der Waals surface area contributed by atoms with E-state index in [1.807, 2.05) is 0 Å². The fourth-order valence-corrected chi connectivity index (χ4v) is 4.08. The quantitative estimate of drug-likeness (QED) is 0.343. The molecule has 0 unspecified atom stereocenters. The Labute approximate surface area is 202 Å². The molecule has 11 nitrogen and oxygen atoms in total. The summed E-state index contributed by atoms with van der Waals surface area (Å²) in [5.74, 6) is -3.00. The molecule has 12 heteroatoms. The maximum Gasteiger partial charge on any atom is 0.317 e. The Kier molecular flexibility index (Phi) is 9.34. The maximum absolute atomic E-state index is 12.7. The fourth-order valence-electron chi connectivity index (χ4n) is 3.24. The van der Waals surface area contributed by atoms with Crippen LogP contribution in [0, 0.1) is 5.92 Å². The van der Waals surface area contributed by atoms with E-state index in [-0.39, 0.29) is 18.5 Å². The molecule has 35 heavy (non-hydrogen) atoms. The molecule has 0 amide bonds. The van der Waals surface area contributed by atoms with Crippen LogP contribution < -0.4 is 23.7 Å². The molecule has 0 saturated carbocycles. The number of hydrogen-bond donors (Lipinski definition) is 3. The van der Waals surface area contributed by atoms with E-state index in [1.54, 1.807) is 12.1 Å². The normalized spacial score (nSPS) is 11.3. The molecule has 0 aliphatic carbocycles. The van der Waals surface area contributed by atoms with Crippen LogP contribution in [-0.4, -0.2) is 59.0 Å². The second-order valence-corrected chi connectivity index (χ2v) is 8.76. The van der Waals surface area contributed by atoms with Gasteiger partial charge in [-0.1, -0.05) is 0 Å². The molecule has 0 atom stereocenters. The highest BCUT2D eigenvalue weighted by atomic mass is 32.2. The van der Waals surface area contributed by atoms with E-state index in [0.717, 1.165) is 5.41 Å². The third-order valence-electron chi connectivity index (χ3n) is 5.01. The largest absolute Gasteiger partial charge is 0.496 e. The van der Waals surface area contributed by atoms with Gasteiger partial charge in [-0.05, 0) is 42.7 Å². The van der Waals surface area contributed by atoms with Crippen molar-refractivity contribution in [2.75, 3.05) is 33.2 Å². The van der Waals surface area contributed by atoms with Crippen molar-refractivity contribution >= 4 is 33.7 Å². The first-order chi connectivity index (χ1) is 16.5. The molecule has 2 aromatic rings. The standard InChI is InChI=1S/C23H27NO10S/c1-31-16-12-20(33-3)17(21(13-16)34-4)9-10-35(29,30)24-15-6-8-19(32-2)14(11-15)5-7-18(22(25)26)23(27)28/h6,8-13,18,24H,5,7H2,1-4H3,(H,25,26)(H,27,28)/b10-9+. The van der Waals surface area contributed by atoms with Gasteiger partial charge in [-0.25, -0.2) is 8.42 Å². The predicted molar refractivity (Wildman–Crippen MR) is 128 cm³/mol. The SMILES string of the molecule is COc1cc(OC)c(/C=C/S(=O)(=O)Nc2ccc(OC)c(CCC(C(=O)O)C(=O)O)c2)c(OC)c1. The minimum Gasteiger partial charge on any atom is -0.496 e. The lowest BCUT2D eigenvalue weighted by Crippen LogP contribution is -2.23. The number of methoxy groups -OCH3 is 4. The number of carbonyl (C=O) groups is 2. The molecule has 0 bridgehead atoms. The number of carboxylic acid groups (broad SMARTS) is 2. The Morgan fingerprint density at radius 2 is 1.49 bits per heavy atom. The number of rotatable bonds is 13. The first kappa shape index (κ1) is 27.3. The highest BCUT2D eigenvalue weighted by Crippen LogP contribution is 2.35. The van der Waals surface area contributed by atoms with Crippen LogP contribution in [0.25, 0.3) is 6.08 Å². The summed E-state index contributed by atoms with van der Waals surface area (Å²) in [5.41, 5.74) is 1.01. The molecule has 0 radical (unpaired) electrons. The fraction of sp³-hybridized carbons (Fsp3) is 0.304. The molecule has 2 rings (SSSR count). The van der Waals surface area contributed by atoms with E-state index >= 15 is 0 Å². The number of aliphatic carboxylic acids is 2. The second-order valence-electron chi connectivity index (χ2n) is 7.19. The van der Waals surface area contributed by atoms with Crippen molar-refractivity contribution in [2.45, 2.75) is 12.8 Å². The van der Waals surface area contributed by atoms with Crippen molar-refractivity contribution in [2.24, 2.45) is 5.92 Å². The first-order valence-electron chi connectivity index (χ1n) is 10.2. The van der Waals surface area contributed by atoms with Crippen LogP contribution in [0.4, 0.5) is 5.69 Å². The number of aryl methyl sites for hydroxylation is 1. The number of benzene rings is 2. The number of ether oxygens (including phenoxy) is 4. The summed E-state index contributed by atoms with van der Waals surface area (Å²) in [6.45, 7) is 0. The minimum absolute atomic E-state index is 0.0398. The van der Waals surface area contributed by atoms with Gasteiger partial charge >= 0.3 is 11.9 Å². The number of hydrogen-bond acceptors (Lipinski definition) is 8. The average Bonchev–Trinajstić information content (AvgIpc) is 2.81. The van der Waals surface area contributed by atoms with Gasteiger partial charge in [0.05, 0.1) is 39.4 Å². The van der Waals surface area contributed by atoms with E-state index in [2.05, 4.69) is 4.72 Å². The zero-order chi connectivity index (χ0) is 26.2. The van der Waals surface area contributed by atoms with Crippen LogP contribution in [0.15, 0.2) is 35.7 Å². The van der Waals surface area contributed by atoms with Crippen LogP contribution in [0.1, 0.15) is 17.5 Å². The van der Waals surface area contributed by atoms with E-state index in [0.29, 0.717) is 34.1 Å². The molecule has 3 N–H and O–H groups in total. The highest BCUT2D eigenvalue weighted by Gasteiger charge is 2.26. The van der Waals surface area contributed by atoms with Crippen LogP contribution >= 0.6 is 0 Å². The Balaban J connectivity index is 2.30. The Morgan fingerprint density at radius 1 is 0.914 bits per heavy atom. The number of sulfonamides is 1. The Hall–Kier alpha value is -3.93. The highest BCUT2D eigenvalue weighted by molar-refractivity contribution is 7.95. The summed E-state index contributed by atoms with van der Waals surface area (Å²) in [6, 6.07) is 7.59.